The molecule has 1 nitrogen and oxygen atoms in total. The highest BCUT2D eigenvalue weighted by Crippen LogP contribution is 2.32. The second-order valence-corrected chi connectivity index (χ2v) is 6.00. The normalized spacial score (nSPS) is 12.7. The van der Waals surface area contributed by atoms with Gasteiger partial charge < -0.3 is 5.32 Å². The maximum absolute atomic E-state index is 13.7. The first-order valence-corrected chi connectivity index (χ1v) is 6.61. The fourth-order valence-electron chi connectivity index (χ4n) is 1.68. The van der Waals surface area contributed by atoms with Crippen LogP contribution in [-0.4, -0.2) is 7.05 Å². The van der Waals surface area contributed by atoms with Gasteiger partial charge in [-0.05, 0) is 41.2 Å². The van der Waals surface area contributed by atoms with Gasteiger partial charge in [0.1, 0.15) is 0 Å². The number of hydrogen-bond acceptors (Lipinski definition) is 2. The molecular weight excluding hydrogens is 308 g/mol. The van der Waals surface area contributed by atoms with E-state index in [2.05, 4.69) is 21.2 Å². The molecule has 1 aromatic heterocycles. The van der Waals surface area contributed by atoms with Crippen LogP contribution in [0.3, 0.4) is 0 Å². The summed E-state index contributed by atoms with van der Waals surface area (Å²) in [6.07, 6.45) is 0. The highest BCUT2D eigenvalue weighted by molar-refractivity contribution is 9.11. The Balaban J connectivity index is 2.45. The SMILES string of the molecule is CNC(c1ccc(Br)s1)c1cccc(F)c1F. The van der Waals surface area contributed by atoms with Crippen LogP contribution in [0.4, 0.5) is 8.78 Å². The van der Waals surface area contributed by atoms with Gasteiger partial charge in [-0.3, -0.25) is 0 Å². The van der Waals surface area contributed by atoms with Crippen LogP contribution in [0.1, 0.15) is 16.5 Å². The Bertz CT molecular complexity index is 527. The highest BCUT2D eigenvalue weighted by Gasteiger charge is 2.19. The Morgan fingerprint density at radius 3 is 2.59 bits per heavy atom. The Morgan fingerprint density at radius 2 is 2.00 bits per heavy atom. The molecule has 0 radical (unpaired) electrons. The highest BCUT2D eigenvalue weighted by atomic mass is 79.9. The Labute approximate surface area is 111 Å². The third kappa shape index (κ3) is 2.56. The second kappa shape index (κ2) is 5.25. The smallest absolute Gasteiger partial charge is 0.163 e. The molecule has 1 unspecified atom stereocenters. The summed E-state index contributed by atoms with van der Waals surface area (Å²) >= 11 is 4.85. The van der Waals surface area contributed by atoms with Crippen molar-refractivity contribution in [2.24, 2.45) is 0 Å². The predicted molar refractivity (Wildman–Crippen MR) is 69.3 cm³/mol. The van der Waals surface area contributed by atoms with Crippen molar-refractivity contribution in [3.63, 3.8) is 0 Å². The van der Waals surface area contributed by atoms with Gasteiger partial charge in [0.25, 0.3) is 0 Å². The van der Waals surface area contributed by atoms with E-state index in [0.29, 0.717) is 5.56 Å². The molecule has 1 aromatic carbocycles. The molecule has 90 valence electrons. The summed E-state index contributed by atoms with van der Waals surface area (Å²) in [4.78, 5) is 0.934. The van der Waals surface area contributed by atoms with Gasteiger partial charge in [-0.25, -0.2) is 8.78 Å². The molecule has 5 heteroatoms. The van der Waals surface area contributed by atoms with E-state index in [-0.39, 0.29) is 6.04 Å². The van der Waals surface area contributed by atoms with Crippen LogP contribution in [0.5, 0.6) is 0 Å². The number of benzene rings is 1. The van der Waals surface area contributed by atoms with E-state index in [9.17, 15) is 8.78 Å². The van der Waals surface area contributed by atoms with Gasteiger partial charge in [-0.15, -0.1) is 11.3 Å². The first kappa shape index (κ1) is 12.7. The topological polar surface area (TPSA) is 12.0 Å². The Hall–Kier alpha value is -0.780. The molecule has 1 heterocycles. The number of halogens is 3. The van der Waals surface area contributed by atoms with Gasteiger partial charge >= 0.3 is 0 Å². The minimum atomic E-state index is -0.821. The van der Waals surface area contributed by atoms with Gasteiger partial charge in [-0.2, -0.15) is 0 Å². The number of rotatable bonds is 3. The van der Waals surface area contributed by atoms with Gasteiger partial charge in [0.2, 0.25) is 0 Å². The molecule has 1 atom stereocenters. The lowest BCUT2D eigenvalue weighted by atomic mass is 10.0. The summed E-state index contributed by atoms with van der Waals surface area (Å²) in [7, 11) is 1.72. The van der Waals surface area contributed by atoms with E-state index in [1.165, 1.54) is 17.4 Å². The fourth-order valence-corrected chi connectivity index (χ4v) is 3.23. The molecule has 0 aliphatic carbocycles. The first-order valence-electron chi connectivity index (χ1n) is 5.00. The molecule has 0 saturated heterocycles. The standard InChI is InChI=1S/C12H10BrF2NS/c1-16-12(9-5-6-10(13)17-9)7-3-2-4-8(14)11(7)15/h2-6,12,16H,1H3. The molecular formula is C12H10BrF2NS. The molecule has 17 heavy (non-hydrogen) atoms. The molecule has 2 aromatic rings. The third-order valence-electron chi connectivity index (χ3n) is 2.46. The first-order chi connectivity index (χ1) is 8.13. The van der Waals surface area contributed by atoms with Crippen LogP contribution in [0.25, 0.3) is 0 Å². The molecule has 0 saturated carbocycles. The summed E-state index contributed by atoms with van der Waals surface area (Å²) in [5.41, 5.74) is 0.321. The van der Waals surface area contributed by atoms with Gasteiger partial charge in [0.05, 0.1) is 9.83 Å². The summed E-state index contributed by atoms with van der Waals surface area (Å²) < 4.78 is 27.9. The van der Waals surface area contributed by atoms with Crippen molar-refractivity contribution in [2.45, 2.75) is 6.04 Å². The van der Waals surface area contributed by atoms with Crippen molar-refractivity contribution in [3.8, 4) is 0 Å². The van der Waals surface area contributed by atoms with Crippen LogP contribution in [0, 0.1) is 11.6 Å². The Kier molecular flexibility index (Phi) is 3.91. The van der Waals surface area contributed by atoms with Gasteiger partial charge in [0, 0.05) is 10.4 Å². The molecule has 2 rings (SSSR count). The summed E-state index contributed by atoms with van der Waals surface area (Å²) in [6, 6.07) is 7.67. The molecule has 1 N–H and O–H groups in total. The molecule has 0 fully saturated rings. The maximum atomic E-state index is 13.7. The quantitative estimate of drug-likeness (QED) is 0.898. The van der Waals surface area contributed by atoms with E-state index in [1.54, 1.807) is 13.1 Å². The van der Waals surface area contributed by atoms with Crippen molar-refractivity contribution < 1.29 is 8.78 Å². The van der Waals surface area contributed by atoms with Crippen LogP contribution in [-0.2, 0) is 0 Å². The summed E-state index contributed by atoms with van der Waals surface area (Å²) in [5, 5.41) is 3.00. The van der Waals surface area contributed by atoms with Crippen molar-refractivity contribution in [2.75, 3.05) is 7.05 Å². The third-order valence-corrected chi connectivity index (χ3v) is 4.15. The summed E-state index contributed by atoms with van der Waals surface area (Å²) in [5.74, 6) is -1.62. The minimum absolute atomic E-state index is 0.321. The fraction of sp³-hybridized carbons (Fsp3) is 0.167. The van der Waals surface area contributed by atoms with Crippen LogP contribution < -0.4 is 5.32 Å². The van der Waals surface area contributed by atoms with Crippen LogP contribution in [0.2, 0.25) is 0 Å². The van der Waals surface area contributed by atoms with Crippen molar-refractivity contribution in [1.29, 1.82) is 0 Å². The maximum Gasteiger partial charge on any atom is 0.163 e. The monoisotopic (exact) mass is 317 g/mol. The van der Waals surface area contributed by atoms with E-state index in [1.807, 2.05) is 12.1 Å². The molecule has 0 spiro atoms. The van der Waals surface area contributed by atoms with Crippen LogP contribution in [0.15, 0.2) is 34.1 Å². The lowest BCUT2D eigenvalue weighted by Crippen LogP contribution is -2.18. The minimum Gasteiger partial charge on any atom is -0.309 e. The number of hydrogen-bond donors (Lipinski definition) is 1. The number of nitrogens with one attached hydrogen (secondary N) is 1. The second-order valence-electron chi connectivity index (χ2n) is 3.51. The predicted octanol–water partition coefficient (Wildman–Crippen LogP) is 4.10. The molecule has 0 aliphatic heterocycles. The van der Waals surface area contributed by atoms with Crippen molar-refractivity contribution in [1.82, 2.24) is 5.32 Å². The van der Waals surface area contributed by atoms with Crippen molar-refractivity contribution in [3.05, 3.63) is 56.2 Å². The zero-order chi connectivity index (χ0) is 12.4. The average Bonchev–Trinajstić information content (AvgIpc) is 2.72. The average molecular weight is 318 g/mol. The van der Waals surface area contributed by atoms with Gasteiger partial charge in [0.15, 0.2) is 11.6 Å². The lowest BCUT2D eigenvalue weighted by Gasteiger charge is -2.15. The lowest BCUT2D eigenvalue weighted by molar-refractivity contribution is 0.488. The largest absolute Gasteiger partial charge is 0.309 e. The zero-order valence-electron chi connectivity index (χ0n) is 9.01. The van der Waals surface area contributed by atoms with E-state index in [4.69, 9.17) is 0 Å². The molecule has 0 amide bonds. The zero-order valence-corrected chi connectivity index (χ0v) is 11.4. The van der Waals surface area contributed by atoms with E-state index >= 15 is 0 Å². The number of thiophene rings is 1. The molecule has 0 aliphatic rings. The van der Waals surface area contributed by atoms with Crippen LogP contribution >= 0.6 is 27.3 Å². The van der Waals surface area contributed by atoms with E-state index in [0.717, 1.165) is 14.7 Å². The molecule has 0 bridgehead atoms. The van der Waals surface area contributed by atoms with Crippen molar-refractivity contribution >= 4 is 27.3 Å². The van der Waals surface area contributed by atoms with E-state index < -0.39 is 11.6 Å². The summed E-state index contributed by atoms with van der Waals surface area (Å²) in [6.45, 7) is 0. The van der Waals surface area contributed by atoms with Gasteiger partial charge in [-0.1, -0.05) is 12.1 Å². The Morgan fingerprint density at radius 1 is 1.24 bits per heavy atom.